The number of benzene rings is 2. The Morgan fingerprint density at radius 2 is 1.67 bits per heavy atom. The fourth-order valence-electron chi connectivity index (χ4n) is 2.58. The van der Waals surface area contributed by atoms with Crippen LogP contribution in [0.1, 0.15) is 24.8 Å². The molecule has 0 saturated carbocycles. The summed E-state index contributed by atoms with van der Waals surface area (Å²) in [5, 5.41) is 12.8. The number of anilines is 2. The highest BCUT2D eigenvalue weighted by atomic mass is 19.4. The third-order valence-corrected chi connectivity index (χ3v) is 3.96. The second-order valence-electron chi connectivity index (χ2n) is 6.39. The molecule has 2 amide bonds. The maximum absolute atomic E-state index is 12.8. The second kappa shape index (κ2) is 8.76. The predicted octanol–water partition coefficient (Wildman–Crippen LogP) is 4.29. The number of carbonyl (C=O) groups is 2. The number of aromatic nitrogens is 2. The molecular formula is C20H17F3N4O3. The molecule has 7 nitrogen and oxygen atoms in total. The lowest BCUT2D eigenvalue weighted by atomic mass is 10.1. The van der Waals surface area contributed by atoms with Gasteiger partial charge in [-0.25, -0.2) is 0 Å². The minimum absolute atomic E-state index is 0.0394. The van der Waals surface area contributed by atoms with Gasteiger partial charge in [0, 0.05) is 36.7 Å². The van der Waals surface area contributed by atoms with E-state index in [2.05, 4.69) is 20.8 Å². The number of carbonyl (C=O) groups excluding carboxylic acids is 2. The van der Waals surface area contributed by atoms with Crippen molar-refractivity contribution in [3.63, 3.8) is 0 Å². The van der Waals surface area contributed by atoms with Gasteiger partial charge in [0.2, 0.25) is 23.6 Å². The predicted molar refractivity (Wildman–Crippen MR) is 102 cm³/mol. The summed E-state index contributed by atoms with van der Waals surface area (Å²) in [7, 11) is 0. The Balaban J connectivity index is 1.56. The van der Waals surface area contributed by atoms with Crippen LogP contribution < -0.4 is 10.6 Å². The first kappa shape index (κ1) is 21.0. The van der Waals surface area contributed by atoms with Crippen LogP contribution in [0.15, 0.2) is 52.9 Å². The molecule has 1 heterocycles. The van der Waals surface area contributed by atoms with E-state index in [-0.39, 0.29) is 42.0 Å². The second-order valence-corrected chi connectivity index (χ2v) is 6.39. The van der Waals surface area contributed by atoms with Gasteiger partial charge in [-0.05, 0) is 42.5 Å². The number of aryl methyl sites for hydroxylation is 1. The quantitative estimate of drug-likeness (QED) is 0.623. The first-order valence-corrected chi connectivity index (χ1v) is 8.88. The summed E-state index contributed by atoms with van der Waals surface area (Å²) in [5.74, 6) is -0.416. The van der Waals surface area contributed by atoms with Gasteiger partial charge in [0.1, 0.15) is 0 Å². The highest BCUT2D eigenvalue weighted by Gasteiger charge is 2.30. The van der Waals surface area contributed by atoms with Gasteiger partial charge in [0.15, 0.2) is 0 Å². The molecule has 0 saturated heterocycles. The maximum Gasteiger partial charge on any atom is 0.416 e. The van der Waals surface area contributed by atoms with Crippen LogP contribution in [0.2, 0.25) is 0 Å². The molecule has 0 atom stereocenters. The molecule has 0 aliphatic carbocycles. The van der Waals surface area contributed by atoms with Crippen LogP contribution in [0.5, 0.6) is 0 Å². The van der Waals surface area contributed by atoms with Gasteiger partial charge in [0.05, 0.1) is 5.56 Å². The van der Waals surface area contributed by atoms with Gasteiger partial charge in [-0.2, -0.15) is 13.2 Å². The highest BCUT2D eigenvalue weighted by molar-refractivity contribution is 5.92. The molecule has 0 bridgehead atoms. The smallest absolute Gasteiger partial charge is 0.416 e. The Morgan fingerprint density at radius 3 is 2.30 bits per heavy atom. The van der Waals surface area contributed by atoms with E-state index < -0.39 is 11.7 Å². The molecule has 3 rings (SSSR count). The van der Waals surface area contributed by atoms with Gasteiger partial charge in [0.25, 0.3) is 0 Å². The Kier molecular flexibility index (Phi) is 6.14. The van der Waals surface area contributed by atoms with Crippen LogP contribution >= 0.6 is 0 Å². The van der Waals surface area contributed by atoms with E-state index in [1.54, 1.807) is 24.3 Å². The Labute approximate surface area is 169 Å². The van der Waals surface area contributed by atoms with Crippen molar-refractivity contribution in [1.29, 1.82) is 0 Å². The number of amides is 2. The molecule has 10 heteroatoms. The first-order chi connectivity index (χ1) is 14.2. The van der Waals surface area contributed by atoms with Gasteiger partial charge < -0.3 is 15.1 Å². The zero-order valence-electron chi connectivity index (χ0n) is 15.8. The largest absolute Gasteiger partial charge is 0.421 e. The van der Waals surface area contributed by atoms with Crippen molar-refractivity contribution in [3.05, 3.63) is 60.0 Å². The molecular weight excluding hydrogens is 401 g/mol. The van der Waals surface area contributed by atoms with Gasteiger partial charge >= 0.3 is 6.18 Å². The SMILES string of the molecule is CC(=O)Nc1ccc(NC(=O)CCc2nnc(-c3cccc(C(F)(F)F)c3)o2)cc1. The summed E-state index contributed by atoms with van der Waals surface area (Å²) in [6, 6.07) is 11.1. The van der Waals surface area contributed by atoms with E-state index in [0.717, 1.165) is 12.1 Å². The zero-order chi connectivity index (χ0) is 21.7. The lowest BCUT2D eigenvalue weighted by molar-refractivity contribution is -0.137. The summed E-state index contributed by atoms with van der Waals surface area (Å²) in [4.78, 5) is 23.1. The molecule has 0 spiro atoms. The van der Waals surface area contributed by atoms with E-state index in [1.807, 2.05) is 0 Å². The van der Waals surface area contributed by atoms with Crippen molar-refractivity contribution in [3.8, 4) is 11.5 Å². The van der Waals surface area contributed by atoms with Gasteiger partial charge in [-0.15, -0.1) is 10.2 Å². The van der Waals surface area contributed by atoms with Crippen LogP contribution in [0.3, 0.4) is 0 Å². The van der Waals surface area contributed by atoms with Crippen molar-refractivity contribution in [1.82, 2.24) is 10.2 Å². The van der Waals surface area contributed by atoms with Crippen molar-refractivity contribution < 1.29 is 27.2 Å². The van der Waals surface area contributed by atoms with Crippen molar-refractivity contribution in [2.75, 3.05) is 10.6 Å². The number of nitrogens with zero attached hydrogens (tertiary/aromatic N) is 2. The Hall–Kier alpha value is -3.69. The normalized spacial score (nSPS) is 11.2. The van der Waals surface area contributed by atoms with Crippen LogP contribution in [0.4, 0.5) is 24.5 Å². The Morgan fingerprint density at radius 1 is 1.00 bits per heavy atom. The molecule has 30 heavy (non-hydrogen) atoms. The molecule has 0 aliphatic rings. The van der Waals surface area contributed by atoms with Gasteiger partial charge in [-0.3, -0.25) is 9.59 Å². The van der Waals surface area contributed by atoms with Crippen molar-refractivity contribution in [2.24, 2.45) is 0 Å². The number of alkyl halides is 3. The van der Waals surface area contributed by atoms with Gasteiger partial charge in [-0.1, -0.05) is 6.07 Å². The van der Waals surface area contributed by atoms with Crippen LogP contribution in [-0.4, -0.2) is 22.0 Å². The minimum atomic E-state index is -4.47. The molecule has 156 valence electrons. The van der Waals surface area contributed by atoms with E-state index in [9.17, 15) is 22.8 Å². The van der Waals surface area contributed by atoms with E-state index in [1.165, 1.54) is 19.1 Å². The molecule has 0 radical (unpaired) electrons. The molecule has 3 aromatic rings. The number of nitrogens with one attached hydrogen (secondary N) is 2. The van der Waals surface area contributed by atoms with Crippen molar-refractivity contribution in [2.45, 2.75) is 25.9 Å². The summed E-state index contributed by atoms with van der Waals surface area (Å²) in [6.07, 6.45) is -4.31. The van der Waals surface area contributed by atoms with E-state index >= 15 is 0 Å². The van der Waals surface area contributed by atoms with Crippen LogP contribution in [-0.2, 0) is 22.2 Å². The molecule has 0 aliphatic heterocycles. The lowest BCUT2D eigenvalue weighted by Gasteiger charge is -2.06. The standard InChI is InChI=1S/C20H17F3N4O3/c1-12(28)24-15-5-7-16(8-6-15)25-17(29)9-10-18-26-27-19(30-18)13-3-2-4-14(11-13)20(21,22)23/h2-8,11H,9-10H2,1H3,(H,24,28)(H,25,29). The summed E-state index contributed by atoms with van der Waals surface area (Å²) >= 11 is 0. The average Bonchev–Trinajstić information content (AvgIpc) is 3.16. The summed E-state index contributed by atoms with van der Waals surface area (Å²) in [6.45, 7) is 1.39. The number of hydrogen-bond donors (Lipinski definition) is 2. The zero-order valence-corrected chi connectivity index (χ0v) is 15.8. The third kappa shape index (κ3) is 5.66. The monoisotopic (exact) mass is 418 g/mol. The topological polar surface area (TPSA) is 97.1 Å². The lowest BCUT2D eigenvalue weighted by Crippen LogP contribution is -2.12. The minimum Gasteiger partial charge on any atom is -0.421 e. The molecule has 2 aromatic carbocycles. The van der Waals surface area contributed by atoms with Crippen LogP contribution in [0, 0.1) is 0 Å². The summed E-state index contributed by atoms with van der Waals surface area (Å²) < 4.78 is 43.9. The maximum atomic E-state index is 12.8. The molecule has 1 aromatic heterocycles. The Bertz CT molecular complexity index is 1050. The van der Waals surface area contributed by atoms with E-state index in [4.69, 9.17) is 4.42 Å². The average molecular weight is 418 g/mol. The van der Waals surface area contributed by atoms with Crippen molar-refractivity contribution >= 4 is 23.2 Å². The molecule has 0 unspecified atom stereocenters. The van der Waals surface area contributed by atoms with E-state index in [0.29, 0.717) is 11.4 Å². The molecule has 0 fully saturated rings. The third-order valence-electron chi connectivity index (χ3n) is 3.96. The fraction of sp³-hybridized carbons (Fsp3) is 0.200. The fourth-order valence-corrected chi connectivity index (χ4v) is 2.58. The first-order valence-electron chi connectivity index (χ1n) is 8.88. The molecule has 2 N–H and O–H groups in total. The highest BCUT2D eigenvalue weighted by Crippen LogP contribution is 2.31. The number of hydrogen-bond acceptors (Lipinski definition) is 5. The number of rotatable bonds is 6. The van der Waals surface area contributed by atoms with Crippen LogP contribution in [0.25, 0.3) is 11.5 Å². The number of halogens is 3. The summed E-state index contributed by atoms with van der Waals surface area (Å²) in [5.41, 5.74) is 0.480.